The van der Waals surface area contributed by atoms with Crippen LogP contribution in [0.2, 0.25) is 0 Å². The summed E-state index contributed by atoms with van der Waals surface area (Å²) < 4.78 is 53.3. The molecule has 3 atom stereocenters. The number of rotatable bonds is 5. The molecular weight excluding hydrogens is 463 g/mol. The van der Waals surface area contributed by atoms with E-state index in [0.717, 1.165) is 6.92 Å². The first-order valence-electron chi connectivity index (χ1n) is 11.2. The predicted octanol–water partition coefficient (Wildman–Crippen LogP) is 4.42. The normalized spacial score (nSPS) is 22.9. The number of alkyl halides is 3. The van der Waals surface area contributed by atoms with E-state index in [1.54, 1.807) is 24.3 Å². The maximum atomic E-state index is 14.0. The van der Waals surface area contributed by atoms with Crippen molar-refractivity contribution in [2.45, 2.75) is 56.9 Å². The topological polar surface area (TPSA) is 107 Å². The molecule has 1 fully saturated rings. The number of amides is 1. The number of hydrogen-bond acceptors (Lipinski definition) is 5. The van der Waals surface area contributed by atoms with Gasteiger partial charge in [-0.3, -0.25) is 14.6 Å². The summed E-state index contributed by atoms with van der Waals surface area (Å²) in [5.74, 6) is -1.68. The van der Waals surface area contributed by atoms with E-state index >= 15 is 0 Å². The summed E-state index contributed by atoms with van der Waals surface area (Å²) in [6.07, 6.45) is -3.82. The second-order valence-electron chi connectivity index (χ2n) is 9.20. The lowest BCUT2D eigenvalue weighted by atomic mass is 9.74. The van der Waals surface area contributed by atoms with E-state index in [0.29, 0.717) is 22.5 Å². The maximum Gasteiger partial charge on any atom is 0.417 e. The molecule has 7 nitrogen and oxygen atoms in total. The van der Waals surface area contributed by atoms with Crippen LogP contribution in [-0.2, 0) is 4.74 Å². The van der Waals surface area contributed by atoms with Gasteiger partial charge in [-0.05, 0) is 44.9 Å². The summed E-state index contributed by atoms with van der Waals surface area (Å²) in [5.41, 5.74) is 3.59. The van der Waals surface area contributed by atoms with Gasteiger partial charge in [0.1, 0.15) is 11.4 Å². The summed E-state index contributed by atoms with van der Waals surface area (Å²) in [6.45, 7) is 4.43. The van der Waals surface area contributed by atoms with E-state index in [2.05, 4.69) is 9.97 Å². The molecule has 10 heteroatoms. The van der Waals surface area contributed by atoms with Crippen molar-refractivity contribution < 1.29 is 27.4 Å². The predicted molar refractivity (Wildman–Crippen MR) is 124 cm³/mol. The highest BCUT2D eigenvalue weighted by Gasteiger charge is 2.57. The average Bonchev–Trinajstić information content (AvgIpc) is 2.77. The second-order valence-corrected chi connectivity index (χ2v) is 9.20. The van der Waals surface area contributed by atoms with Crippen LogP contribution >= 0.6 is 0 Å². The van der Waals surface area contributed by atoms with Crippen molar-refractivity contribution >= 4 is 16.8 Å². The highest BCUT2D eigenvalue weighted by Crippen LogP contribution is 2.51. The Labute approximate surface area is 199 Å². The molecule has 1 aromatic carbocycles. The zero-order valence-electron chi connectivity index (χ0n) is 19.5. The van der Waals surface area contributed by atoms with Gasteiger partial charge in [0, 0.05) is 29.8 Å². The van der Waals surface area contributed by atoms with Crippen LogP contribution in [0.3, 0.4) is 0 Å². The van der Waals surface area contributed by atoms with Gasteiger partial charge >= 0.3 is 6.18 Å². The fourth-order valence-electron chi connectivity index (χ4n) is 4.60. The molecule has 0 unspecified atom stereocenters. The number of primary amides is 1. The number of carbonyl (C=O) groups excluding carboxylic acids is 1. The molecule has 1 saturated heterocycles. The smallest absolute Gasteiger partial charge is 0.417 e. The lowest BCUT2D eigenvalue weighted by Crippen LogP contribution is -2.51. The van der Waals surface area contributed by atoms with Gasteiger partial charge in [0.15, 0.2) is 11.0 Å². The Morgan fingerprint density at radius 2 is 1.97 bits per heavy atom. The number of para-hydroxylation sites is 1. The Morgan fingerprint density at radius 3 is 2.63 bits per heavy atom. The van der Waals surface area contributed by atoms with E-state index in [1.165, 1.54) is 18.3 Å². The average molecular weight is 489 g/mol. The number of aromatic nitrogens is 2. The number of nitrogens with two attached hydrogens (primary N) is 1. The standard InChI is InChI=1S/C25H26F3N3O4/c1-13(2)35-20-7-5-4-6-14(20)15-11-24(3,25(26,27)28)34-12-16(15)18-10-19(32)21-17(31-18)8-9-30-22(21)23(29)33/h4-10,13,15-16H,11-12H2,1-3H3,(H2,29,33)(H,31,32)/t15-,16+,24+/m0/s1. The summed E-state index contributed by atoms with van der Waals surface area (Å²) in [5, 5.41) is 0.0284. The third-order valence-corrected chi connectivity index (χ3v) is 6.35. The van der Waals surface area contributed by atoms with Crippen molar-refractivity contribution in [3.8, 4) is 5.75 Å². The Kier molecular flexibility index (Phi) is 6.35. The number of benzene rings is 1. The minimum Gasteiger partial charge on any atom is -0.491 e. The maximum absolute atomic E-state index is 14.0. The number of nitrogens with one attached hydrogen (secondary N) is 1. The molecular formula is C25H26F3N3O4. The summed E-state index contributed by atoms with van der Waals surface area (Å²) in [6, 6.07) is 9.76. The van der Waals surface area contributed by atoms with Crippen molar-refractivity contribution in [1.29, 1.82) is 0 Å². The SMILES string of the molecule is CC(C)Oc1ccccc1[C@@H]1C[C@](C)(C(F)(F)F)OC[C@H]1c1cc(=O)c2c(C(N)=O)nccc2[nH]1. The van der Waals surface area contributed by atoms with Gasteiger partial charge in [0.25, 0.3) is 5.91 Å². The Hall–Kier alpha value is -3.40. The van der Waals surface area contributed by atoms with Gasteiger partial charge in [-0.15, -0.1) is 0 Å². The number of H-pyrrole nitrogens is 1. The van der Waals surface area contributed by atoms with E-state index in [9.17, 15) is 22.8 Å². The Bertz CT molecular complexity index is 1320. The molecule has 0 spiro atoms. The van der Waals surface area contributed by atoms with Crippen LogP contribution in [0.15, 0.2) is 47.4 Å². The number of hydrogen-bond donors (Lipinski definition) is 2. The lowest BCUT2D eigenvalue weighted by molar-refractivity contribution is -0.286. The highest BCUT2D eigenvalue weighted by molar-refractivity contribution is 6.03. The van der Waals surface area contributed by atoms with Crippen molar-refractivity contribution in [2.75, 3.05) is 6.61 Å². The molecule has 2 aromatic heterocycles. The van der Waals surface area contributed by atoms with Gasteiger partial charge in [-0.25, -0.2) is 0 Å². The van der Waals surface area contributed by atoms with Gasteiger partial charge in [0.05, 0.1) is 23.6 Å². The highest BCUT2D eigenvalue weighted by atomic mass is 19.4. The van der Waals surface area contributed by atoms with Crippen LogP contribution in [0, 0.1) is 0 Å². The number of fused-ring (bicyclic) bond motifs is 1. The molecule has 186 valence electrons. The van der Waals surface area contributed by atoms with E-state index < -0.39 is 34.9 Å². The number of ether oxygens (including phenoxy) is 2. The van der Waals surface area contributed by atoms with Crippen LogP contribution in [0.25, 0.3) is 10.9 Å². The number of pyridine rings is 2. The minimum absolute atomic E-state index is 0.0284. The first-order valence-corrected chi connectivity index (χ1v) is 11.2. The fraction of sp³-hybridized carbons (Fsp3) is 0.400. The molecule has 3 heterocycles. The zero-order chi connectivity index (χ0) is 25.5. The molecule has 1 aliphatic rings. The van der Waals surface area contributed by atoms with Gasteiger partial charge in [0.2, 0.25) is 0 Å². The van der Waals surface area contributed by atoms with Gasteiger partial charge in [-0.1, -0.05) is 18.2 Å². The van der Waals surface area contributed by atoms with Crippen molar-refractivity contribution in [3.05, 3.63) is 69.8 Å². The molecule has 3 aromatic rings. The third-order valence-electron chi connectivity index (χ3n) is 6.35. The molecule has 0 bridgehead atoms. The van der Waals surface area contributed by atoms with Crippen LogP contribution in [0.4, 0.5) is 13.2 Å². The van der Waals surface area contributed by atoms with Crippen molar-refractivity contribution in [3.63, 3.8) is 0 Å². The molecule has 35 heavy (non-hydrogen) atoms. The zero-order valence-corrected chi connectivity index (χ0v) is 19.5. The molecule has 0 saturated carbocycles. The Morgan fingerprint density at radius 1 is 1.26 bits per heavy atom. The monoisotopic (exact) mass is 489 g/mol. The van der Waals surface area contributed by atoms with E-state index in [-0.39, 0.29) is 30.2 Å². The van der Waals surface area contributed by atoms with Gasteiger partial charge < -0.3 is 20.2 Å². The van der Waals surface area contributed by atoms with E-state index in [1.807, 2.05) is 13.8 Å². The Balaban J connectivity index is 1.87. The first-order chi connectivity index (χ1) is 16.4. The minimum atomic E-state index is -4.59. The lowest BCUT2D eigenvalue weighted by Gasteiger charge is -2.44. The third kappa shape index (κ3) is 4.62. The molecule has 4 rings (SSSR count). The molecule has 1 amide bonds. The number of aromatic amines is 1. The summed E-state index contributed by atoms with van der Waals surface area (Å²) in [7, 11) is 0. The van der Waals surface area contributed by atoms with Gasteiger partial charge in [-0.2, -0.15) is 13.2 Å². The largest absolute Gasteiger partial charge is 0.491 e. The first kappa shape index (κ1) is 24.7. The van der Waals surface area contributed by atoms with Crippen LogP contribution in [0.5, 0.6) is 5.75 Å². The summed E-state index contributed by atoms with van der Waals surface area (Å²) in [4.78, 5) is 31.7. The molecule has 1 aliphatic heterocycles. The van der Waals surface area contributed by atoms with Crippen LogP contribution < -0.4 is 15.9 Å². The second kappa shape index (κ2) is 8.99. The number of halogens is 3. The summed E-state index contributed by atoms with van der Waals surface area (Å²) >= 11 is 0. The fourth-order valence-corrected chi connectivity index (χ4v) is 4.60. The molecule has 0 aliphatic carbocycles. The van der Waals surface area contributed by atoms with Crippen LogP contribution in [-0.4, -0.2) is 40.4 Å². The molecule has 0 radical (unpaired) electrons. The van der Waals surface area contributed by atoms with Crippen molar-refractivity contribution in [1.82, 2.24) is 9.97 Å². The van der Waals surface area contributed by atoms with E-state index in [4.69, 9.17) is 15.2 Å². The molecule has 3 N–H and O–H groups in total. The van der Waals surface area contributed by atoms with Crippen molar-refractivity contribution in [2.24, 2.45) is 5.73 Å². The number of carbonyl (C=O) groups is 1. The number of nitrogens with zero attached hydrogens (tertiary/aromatic N) is 1. The van der Waals surface area contributed by atoms with Crippen LogP contribution in [0.1, 0.15) is 60.8 Å². The quantitative estimate of drug-likeness (QED) is 0.552.